The number of nitrogens with one attached hydrogen (secondary N) is 2. The largest absolute Gasteiger partial charge is 0.384 e. The van der Waals surface area contributed by atoms with Crippen LogP contribution < -0.4 is 10.5 Å². The smallest absolute Gasteiger partial charge is 0.242 e. The highest BCUT2D eigenvalue weighted by molar-refractivity contribution is 7.89. The minimum atomic E-state index is -3.57. The van der Waals surface area contributed by atoms with E-state index < -0.39 is 10.0 Å². The van der Waals surface area contributed by atoms with Crippen molar-refractivity contribution in [2.24, 2.45) is 0 Å². The van der Waals surface area contributed by atoms with Gasteiger partial charge in [0.15, 0.2) is 0 Å². The quantitative estimate of drug-likeness (QED) is 0.702. The monoisotopic (exact) mass is 253 g/mol. The zero-order valence-electron chi connectivity index (χ0n) is 8.79. The maximum atomic E-state index is 11.8. The van der Waals surface area contributed by atoms with Crippen LogP contribution in [0, 0.1) is 0 Å². The van der Waals surface area contributed by atoms with Gasteiger partial charge >= 0.3 is 0 Å². The van der Waals surface area contributed by atoms with Crippen molar-refractivity contribution in [3.05, 3.63) is 36.3 Å². The van der Waals surface area contributed by atoms with Gasteiger partial charge in [0.25, 0.3) is 0 Å². The molecule has 0 aromatic carbocycles. The molecule has 0 saturated carbocycles. The zero-order chi connectivity index (χ0) is 12.3. The Morgan fingerprint density at radius 3 is 2.76 bits per heavy atom. The van der Waals surface area contributed by atoms with Crippen LogP contribution in [0.15, 0.2) is 35.5 Å². The minimum Gasteiger partial charge on any atom is -0.384 e. The molecule has 0 spiro atoms. The first-order valence-electron chi connectivity index (χ1n) is 4.77. The lowest BCUT2D eigenvalue weighted by atomic mass is 10.4. The molecule has 0 saturated heterocycles. The Hall–Kier alpha value is -1.93. The van der Waals surface area contributed by atoms with E-state index >= 15 is 0 Å². The fraction of sp³-hybridized carbons (Fsp3) is 0.111. The highest BCUT2D eigenvalue weighted by atomic mass is 32.2. The first-order chi connectivity index (χ1) is 8.08. The first-order valence-corrected chi connectivity index (χ1v) is 6.26. The summed E-state index contributed by atoms with van der Waals surface area (Å²) in [6.45, 7) is 0.146. The Balaban J connectivity index is 2.11. The normalized spacial score (nSPS) is 11.5. The van der Waals surface area contributed by atoms with Crippen LogP contribution in [0.2, 0.25) is 0 Å². The van der Waals surface area contributed by atoms with Gasteiger partial charge < -0.3 is 5.73 Å². The van der Waals surface area contributed by atoms with Crippen LogP contribution in [0.1, 0.15) is 5.69 Å². The second-order valence-electron chi connectivity index (χ2n) is 3.33. The van der Waals surface area contributed by atoms with E-state index in [2.05, 4.69) is 19.9 Å². The minimum absolute atomic E-state index is 0.0752. The molecule has 0 radical (unpaired) electrons. The maximum Gasteiger partial charge on any atom is 0.242 e. The molecule has 2 aromatic rings. The molecule has 0 aliphatic rings. The van der Waals surface area contributed by atoms with E-state index in [1.807, 2.05) is 0 Å². The van der Waals surface area contributed by atoms with Crippen molar-refractivity contribution in [3.63, 3.8) is 0 Å². The van der Waals surface area contributed by atoms with E-state index in [4.69, 9.17) is 5.73 Å². The number of anilines is 1. The van der Waals surface area contributed by atoms with Crippen LogP contribution >= 0.6 is 0 Å². The Labute approximate surface area is 98.1 Å². The van der Waals surface area contributed by atoms with E-state index in [0.717, 1.165) is 0 Å². The number of sulfonamides is 1. The lowest BCUT2D eigenvalue weighted by Crippen LogP contribution is -2.23. The first kappa shape index (κ1) is 11.6. The third-order valence-electron chi connectivity index (χ3n) is 2.08. The van der Waals surface area contributed by atoms with Crippen LogP contribution in [0.25, 0.3) is 0 Å². The molecule has 8 heteroatoms. The standard InChI is InChI=1S/C9H11N5O2S/c10-9-2-1-8(6-11-9)17(15,16)13-5-7-3-4-12-14-7/h1-4,6,13H,5H2,(H2,10,11)(H,12,14). The molecule has 0 fully saturated rings. The van der Waals surface area contributed by atoms with Gasteiger partial charge in [-0.25, -0.2) is 18.1 Å². The summed E-state index contributed by atoms with van der Waals surface area (Å²) in [5.74, 6) is 0.275. The molecule has 2 aromatic heterocycles. The number of nitrogens with two attached hydrogens (primary N) is 1. The van der Waals surface area contributed by atoms with Gasteiger partial charge in [-0.1, -0.05) is 0 Å². The second-order valence-corrected chi connectivity index (χ2v) is 5.09. The molecule has 0 aliphatic carbocycles. The molecular weight excluding hydrogens is 242 g/mol. The van der Waals surface area contributed by atoms with Crippen LogP contribution in [-0.2, 0) is 16.6 Å². The Bertz CT molecular complexity index is 576. The Morgan fingerprint density at radius 1 is 1.35 bits per heavy atom. The summed E-state index contributed by atoms with van der Waals surface area (Å²) >= 11 is 0. The number of pyridine rings is 1. The molecule has 0 atom stereocenters. The van der Waals surface area contributed by atoms with E-state index in [9.17, 15) is 8.42 Å². The predicted octanol–water partition coefficient (Wildman–Crippen LogP) is -0.135. The van der Waals surface area contributed by atoms with Crippen molar-refractivity contribution >= 4 is 15.8 Å². The van der Waals surface area contributed by atoms with E-state index in [-0.39, 0.29) is 17.3 Å². The number of rotatable bonds is 4. The number of nitrogen functional groups attached to an aromatic ring is 1. The van der Waals surface area contributed by atoms with Crippen LogP contribution in [-0.4, -0.2) is 23.6 Å². The van der Waals surface area contributed by atoms with Gasteiger partial charge in [0, 0.05) is 12.4 Å². The SMILES string of the molecule is Nc1ccc(S(=O)(=O)NCc2ccn[nH]2)cn1. The Kier molecular flexibility index (Phi) is 3.07. The lowest BCUT2D eigenvalue weighted by molar-refractivity contribution is 0.580. The van der Waals surface area contributed by atoms with Gasteiger partial charge in [-0.05, 0) is 18.2 Å². The molecular formula is C9H11N5O2S. The molecule has 0 unspecified atom stereocenters. The summed E-state index contributed by atoms with van der Waals surface area (Å²) in [4.78, 5) is 3.80. The number of hydrogen-bond donors (Lipinski definition) is 3. The van der Waals surface area contributed by atoms with Gasteiger partial charge in [-0.3, -0.25) is 5.10 Å². The second kappa shape index (κ2) is 4.52. The van der Waals surface area contributed by atoms with Crippen molar-refractivity contribution < 1.29 is 8.42 Å². The third kappa shape index (κ3) is 2.80. The van der Waals surface area contributed by atoms with Gasteiger partial charge in [-0.2, -0.15) is 5.10 Å². The highest BCUT2D eigenvalue weighted by Crippen LogP contribution is 2.08. The van der Waals surface area contributed by atoms with Gasteiger partial charge in [0.05, 0.1) is 12.2 Å². The number of aromatic amines is 1. The zero-order valence-corrected chi connectivity index (χ0v) is 9.61. The fourth-order valence-electron chi connectivity index (χ4n) is 1.19. The molecule has 7 nitrogen and oxygen atoms in total. The molecule has 90 valence electrons. The van der Waals surface area contributed by atoms with Crippen molar-refractivity contribution in [2.75, 3.05) is 5.73 Å². The lowest BCUT2D eigenvalue weighted by Gasteiger charge is -2.05. The van der Waals surface area contributed by atoms with Crippen molar-refractivity contribution in [1.82, 2.24) is 19.9 Å². The topological polar surface area (TPSA) is 114 Å². The number of aromatic nitrogens is 3. The average molecular weight is 253 g/mol. The van der Waals surface area contributed by atoms with Gasteiger partial charge in [0.1, 0.15) is 10.7 Å². The van der Waals surface area contributed by atoms with E-state index in [1.165, 1.54) is 18.3 Å². The summed E-state index contributed by atoms with van der Waals surface area (Å²) in [6.07, 6.45) is 2.76. The van der Waals surface area contributed by atoms with Crippen molar-refractivity contribution in [2.45, 2.75) is 11.4 Å². The average Bonchev–Trinajstić information content (AvgIpc) is 2.80. The predicted molar refractivity (Wildman–Crippen MR) is 61.3 cm³/mol. The summed E-state index contributed by atoms with van der Waals surface area (Å²) in [5, 5.41) is 6.38. The van der Waals surface area contributed by atoms with Crippen LogP contribution in [0.4, 0.5) is 5.82 Å². The van der Waals surface area contributed by atoms with Crippen LogP contribution in [0.3, 0.4) is 0 Å². The molecule has 2 rings (SSSR count). The van der Waals surface area contributed by atoms with E-state index in [1.54, 1.807) is 12.3 Å². The number of hydrogen-bond acceptors (Lipinski definition) is 5. The molecule has 0 aliphatic heterocycles. The van der Waals surface area contributed by atoms with Gasteiger partial charge in [-0.15, -0.1) is 0 Å². The highest BCUT2D eigenvalue weighted by Gasteiger charge is 2.13. The summed E-state index contributed by atoms with van der Waals surface area (Å²) in [5.41, 5.74) is 6.06. The molecule has 2 heterocycles. The third-order valence-corrected chi connectivity index (χ3v) is 3.47. The molecule has 0 bridgehead atoms. The Morgan fingerprint density at radius 2 is 2.18 bits per heavy atom. The summed E-state index contributed by atoms with van der Waals surface area (Å²) in [7, 11) is -3.57. The summed E-state index contributed by atoms with van der Waals surface area (Å²) < 4.78 is 26.0. The van der Waals surface area contributed by atoms with Crippen molar-refractivity contribution in [1.29, 1.82) is 0 Å². The molecule has 0 amide bonds. The van der Waals surface area contributed by atoms with Crippen molar-refractivity contribution in [3.8, 4) is 0 Å². The fourth-order valence-corrected chi connectivity index (χ4v) is 2.14. The van der Waals surface area contributed by atoms with Gasteiger partial charge in [0.2, 0.25) is 10.0 Å². The number of nitrogens with zero attached hydrogens (tertiary/aromatic N) is 2. The van der Waals surface area contributed by atoms with E-state index in [0.29, 0.717) is 5.69 Å². The molecule has 4 N–H and O–H groups in total. The molecule has 17 heavy (non-hydrogen) atoms. The maximum absolute atomic E-state index is 11.8. The number of H-pyrrole nitrogens is 1. The van der Waals surface area contributed by atoms with Crippen LogP contribution in [0.5, 0.6) is 0 Å². The summed E-state index contributed by atoms with van der Waals surface area (Å²) in [6, 6.07) is 4.52.